The van der Waals surface area contributed by atoms with Crippen LogP contribution in [0.15, 0.2) is 6.07 Å². The lowest BCUT2D eigenvalue weighted by Crippen LogP contribution is -2.14. The number of halogens is 1. The van der Waals surface area contributed by atoms with Gasteiger partial charge in [-0.15, -0.1) is 0 Å². The van der Waals surface area contributed by atoms with Gasteiger partial charge in [-0.05, 0) is 37.2 Å². The van der Waals surface area contributed by atoms with Crippen molar-refractivity contribution in [1.82, 2.24) is 9.97 Å². The Hall–Kier alpha value is -0.630. The van der Waals surface area contributed by atoms with E-state index in [1.165, 1.54) is 25.7 Å². The van der Waals surface area contributed by atoms with E-state index in [1.807, 2.05) is 6.07 Å². The van der Waals surface area contributed by atoms with Crippen LogP contribution in [0.1, 0.15) is 63.9 Å². The highest BCUT2D eigenvalue weighted by molar-refractivity contribution is 6.29. The van der Waals surface area contributed by atoms with Crippen LogP contribution in [0.25, 0.3) is 0 Å². The Bertz CT molecular complexity index is 395. The molecule has 0 radical (unpaired) electrons. The monoisotopic (exact) mass is 266 g/mol. The van der Waals surface area contributed by atoms with E-state index in [1.54, 1.807) is 0 Å². The summed E-state index contributed by atoms with van der Waals surface area (Å²) in [4.78, 5) is 9.17. The van der Waals surface area contributed by atoms with E-state index in [4.69, 9.17) is 16.6 Å². The summed E-state index contributed by atoms with van der Waals surface area (Å²) in [7, 11) is 0. The highest BCUT2D eigenvalue weighted by Crippen LogP contribution is 2.34. The van der Waals surface area contributed by atoms with Gasteiger partial charge < -0.3 is 0 Å². The Morgan fingerprint density at radius 3 is 2.50 bits per heavy atom. The van der Waals surface area contributed by atoms with Crippen molar-refractivity contribution >= 4 is 11.6 Å². The first-order valence-electron chi connectivity index (χ1n) is 7.08. The molecule has 1 aliphatic carbocycles. The van der Waals surface area contributed by atoms with Crippen molar-refractivity contribution in [3.05, 3.63) is 22.7 Å². The molecule has 0 unspecified atom stereocenters. The predicted molar refractivity (Wildman–Crippen MR) is 76.0 cm³/mol. The molecule has 2 rings (SSSR count). The topological polar surface area (TPSA) is 25.8 Å². The SMILES string of the molecule is CC(C)Cc1cc(Cl)nc(C2CCC(C)CC2)n1. The number of rotatable bonds is 3. The molecule has 0 bridgehead atoms. The normalized spacial score (nSPS) is 24.5. The largest absolute Gasteiger partial charge is 0.238 e. The second kappa shape index (κ2) is 6.01. The van der Waals surface area contributed by atoms with Gasteiger partial charge in [0.25, 0.3) is 0 Å². The van der Waals surface area contributed by atoms with Crippen molar-refractivity contribution in [2.24, 2.45) is 11.8 Å². The molecule has 1 aromatic rings. The Kier molecular flexibility index (Phi) is 4.60. The summed E-state index contributed by atoms with van der Waals surface area (Å²) in [6.07, 6.45) is 5.99. The molecule has 0 saturated heterocycles. The van der Waals surface area contributed by atoms with Crippen molar-refractivity contribution in [3.8, 4) is 0 Å². The molecule has 100 valence electrons. The van der Waals surface area contributed by atoms with Crippen LogP contribution in [0, 0.1) is 11.8 Å². The van der Waals surface area contributed by atoms with Gasteiger partial charge >= 0.3 is 0 Å². The molecule has 0 atom stereocenters. The molecular formula is C15H23ClN2. The maximum Gasteiger partial charge on any atom is 0.133 e. The van der Waals surface area contributed by atoms with E-state index in [-0.39, 0.29) is 0 Å². The minimum atomic E-state index is 0.519. The highest BCUT2D eigenvalue weighted by atomic mass is 35.5. The summed E-state index contributed by atoms with van der Waals surface area (Å²) in [5, 5.41) is 0.606. The van der Waals surface area contributed by atoms with Crippen molar-refractivity contribution in [2.75, 3.05) is 0 Å². The molecule has 1 fully saturated rings. The first-order valence-corrected chi connectivity index (χ1v) is 7.45. The first kappa shape index (κ1) is 13.8. The van der Waals surface area contributed by atoms with E-state index in [9.17, 15) is 0 Å². The van der Waals surface area contributed by atoms with E-state index in [0.717, 1.165) is 23.9 Å². The van der Waals surface area contributed by atoms with Crippen molar-refractivity contribution in [2.45, 2.75) is 58.8 Å². The first-order chi connectivity index (χ1) is 8.54. The molecule has 1 aromatic heterocycles. The molecule has 18 heavy (non-hydrogen) atoms. The average Bonchev–Trinajstić information content (AvgIpc) is 2.28. The Labute approximate surface area is 115 Å². The van der Waals surface area contributed by atoms with Crippen molar-refractivity contribution < 1.29 is 0 Å². The van der Waals surface area contributed by atoms with Gasteiger partial charge in [-0.25, -0.2) is 9.97 Å². The summed E-state index contributed by atoms with van der Waals surface area (Å²) >= 11 is 6.13. The fourth-order valence-corrected chi connectivity index (χ4v) is 2.92. The van der Waals surface area contributed by atoms with Gasteiger partial charge in [-0.2, -0.15) is 0 Å². The maximum absolute atomic E-state index is 6.13. The summed E-state index contributed by atoms with van der Waals surface area (Å²) in [6, 6.07) is 1.91. The van der Waals surface area contributed by atoms with Crippen LogP contribution in [-0.4, -0.2) is 9.97 Å². The molecule has 0 aromatic carbocycles. The molecule has 3 heteroatoms. The van der Waals surface area contributed by atoms with Crippen LogP contribution < -0.4 is 0 Å². The van der Waals surface area contributed by atoms with Crippen LogP contribution in [-0.2, 0) is 6.42 Å². The van der Waals surface area contributed by atoms with Crippen LogP contribution in [0.5, 0.6) is 0 Å². The minimum absolute atomic E-state index is 0.519. The van der Waals surface area contributed by atoms with Gasteiger partial charge in [-0.1, -0.05) is 45.2 Å². The van der Waals surface area contributed by atoms with Crippen LogP contribution in [0.2, 0.25) is 5.15 Å². The third-order valence-corrected chi connectivity index (χ3v) is 3.96. The lowest BCUT2D eigenvalue weighted by molar-refractivity contribution is 0.339. The van der Waals surface area contributed by atoms with E-state index >= 15 is 0 Å². The molecule has 0 N–H and O–H groups in total. The molecule has 0 spiro atoms. The van der Waals surface area contributed by atoms with Gasteiger partial charge in [0, 0.05) is 11.6 Å². The summed E-state index contributed by atoms with van der Waals surface area (Å²) in [6.45, 7) is 6.75. The minimum Gasteiger partial charge on any atom is -0.238 e. The van der Waals surface area contributed by atoms with Gasteiger partial charge in [-0.3, -0.25) is 0 Å². The van der Waals surface area contributed by atoms with E-state index in [0.29, 0.717) is 17.0 Å². The van der Waals surface area contributed by atoms with Crippen molar-refractivity contribution in [3.63, 3.8) is 0 Å². The summed E-state index contributed by atoms with van der Waals surface area (Å²) < 4.78 is 0. The van der Waals surface area contributed by atoms with Gasteiger partial charge in [0.2, 0.25) is 0 Å². The molecule has 1 saturated carbocycles. The van der Waals surface area contributed by atoms with Gasteiger partial charge in [0.15, 0.2) is 0 Å². The zero-order valence-corrected chi connectivity index (χ0v) is 12.4. The van der Waals surface area contributed by atoms with Crippen LogP contribution in [0.4, 0.5) is 0 Å². The van der Waals surface area contributed by atoms with Gasteiger partial charge in [0.1, 0.15) is 11.0 Å². The highest BCUT2D eigenvalue weighted by Gasteiger charge is 2.22. The zero-order chi connectivity index (χ0) is 13.1. The molecule has 0 amide bonds. The second-order valence-electron chi connectivity index (χ2n) is 6.09. The quantitative estimate of drug-likeness (QED) is 0.746. The fourth-order valence-electron chi connectivity index (χ4n) is 2.71. The third kappa shape index (κ3) is 3.68. The lowest BCUT2D eigenvalue weighted by atomic mass is 9.82. The third-order valence-electron chi connectivity index (χ3n) is 3.76. The molecule has 0 aliphatic heterocycles. The standard InChI is InChI=1S/C15H23ClN2/c1-10(2)8-13-9-14(16)18-15(17-13)12-6-4-11(3)5-7-12/h9-12H,4-8H2,1-3H3. The fraction of sp³-hybridized carbons (Fsp3) is 0.733. The number of aromatic nitrogens is 2. The average molecular weight is 267 g/mol. The smallest absolute Gasteiger partial charge is 0.133 e. The number of nitrogens with zero attached hydrogens (tertiary/aromatic N) is 2. The molecule has 2 nitrogen and oxygen atoms in total. The zero-order valence-electron chi connectivity index (χ0n) is 11.6. The second-order valence-corrected chi connectivity index (χ2v) is 6.48. The van der Waals surface area contributed by atoms with E-state index in [2.05, 4.69) is 25.8 Å². The Morgan fingerprint density at radius 1 is 1.22 bits per heavy atom. The number of hydrogen-bond acceptors (Lipinski definition) is 2. The molecule has 1 aliphatic rings. The lowest BCUT2D eigenvalue weighted by Gasteiger charge is -2.25. The maximum atomic E-state index is 6.13. The summed E-state index contributed by atoms with van der Waals surface area (Å²) in [5.74, 6) is 2.96. The predicted octanol–water partition coefficient (Wildman–Crippen LogP) is 4.62. The Balaban J connectivity index is 2.14. The number of hydrogen-bond donors (Lipinski definition) is 0. The molecular weight excluding hydrogens is 244 g/mol. The van der Waals surface area contributed by atoms with Crippen molar-refractivity contribution in [1.29, 1.82) is 0 Å². The Morgan fingerprint density at radius 2 is 1.89 bits per heavy atom. The van der Waals surface area contributed by atoms with Gasteiger partial charge in [0.05, 0.1) is 0 Å². The summed E-state index contributed by atoms with van der Waals surface area (Å²) in [5.41, 5.74) is 1.10. The van der Waals surface area contributed by atoms with Crippen LogP contribution >= 0.6 is 11.6 Å². The molecule has 1 heterocycles. The van der Waals surface area contributed by atoms with E-state index < -0.39 is 0 Å². The van der Waals surface area contributed by atoms with Crippen LogP contribution in [0.3, 0.4) is 0 Å².